The number of amides is 1. The Morgan fingerprint density at radius 3 is 2.72 bits per heavy atom. The Hall–Kier alpha value is -1.55. The molecule has 1 aromatic carbocycles. The minimum absolute atomic E-state index is 0.237. The second-order valence-electron chi connectivity index (χ2n) is 4.40. The Morgan fingerprint density at radius 1 is 1.39 bits per heavy atom. The molecule has 4 nitrogen and oxygen atoms in total. The third kappa shape index (κ3) is 2.34. The van der Waals surface area contributed by atoms with Gasteiger partial charge >= 0.3 is 5.97 Å². The van der Waals surface area contributed by atoms with Crippen LogP contribution in [0.5, 0.6) is 0 Å². The Morgan fingerprint density at radius 2 is 2.11 bits per heavy atom. The number of aryl methyl sites for hydroxylation is 1. The van der Waals surface area contributed by atoms with E-state index < -0.39 is 11.7 Å². The SMILES string of the molecule is CC(=O)NC1(OC(C)=O)CCc2cc(Cl)ccc21. The van der Waals surface area contributed by atoms with Crippen molar-refractivity contribution in [2.45, 2.75) is 32.4 Å². The first-order chi connectivity index (χ1) is 8.43. The molecule has 1 unspecified atom stereocenters. The van der Waals surface area contributed by atoms with E-state index in [2.05, 4.69) is 5.32 Å². The fraction of sp³-hybridized carbons (Fsp3) is 0.385. The Balaban J connectivity index is 2.45. The lowest BCUT2D eigenvalue weighted by atomic mass is 10.0. The summed E-state index contributed by atoms with van der Waals surface area (Å²) >= 11 is 5.93. The van der Waals surface area contributed by atoms with Gasteiger partial charge in [-0.2, -0.15) is 0 Å². The van der Waals surface area contributed by atoms with E-state index in [1.165, 1.54) is 13.8 Å². The number of hydrogen-bond acceptors (Lipinski definition) is 3. The smallest absolute Gasteiger partial charge is 0.305 e. The van der Waals surface area contributed by atoms with E-state index in [4.69, 9.17) is 16.3 Å². The first-order valence-corrected chi connectivity index (χ1v) is 6.08. The molecule has 2 rings (SSSR count). The maximum atomic E-state index is 11.3. The normalized spacial score (nSPS) is 21.3. The van der Waals surface area contributed by atoms with E-state index in [1.54, 1.807) is 12.1 Å². The van der Waals surface area contributed by atoms with Gasteiger partial charge in [-0.25, -0.2) is 0 Å². The molecule has 0 saturated carbocycles. The molecule has 0 fully saturated rings. The molecule has 0 saturated heterocycles. The van der Waals surface area contributed by atoms with E-state index in [0.29, 0.717) is 17.9 Å². The van der Waals surface area contributed by atoms with Crippen molar-refractivity contribution >= 4 is 23.5 Å². The average molecular weight is 268 g/mol. The largest absolute Gasteiger partial charge is 0.435 e. The number of fused-ring (bicyclic) bond motifs is 1. The summed E-state index contributed by atoms with van der Waals surface area (Å²) in [4.78, 5) is 22.6. The van der Waals surface area contributed by atoms with Crippen LogP contribution in [-0.2, 0) is 26.5 Å². The number of hydrogen-bond donors (Lipinski definition) is 1. The molecule has 18 heavy (non-hydrogen) atoms. The first-order valence-electron chi connectivity index (χ1n) is 5.70. The molecule has 1 aromatic rings. The van der Waals surface area contributed by atoms with Gasteiger partial charge in [0.05, 0.1) is 0 Å². The number of esters is 1. The van der Waals surface area contributed by atoms with E-state index in [-0.39, 0.29) is 5.91 Å². The van der Waals surface area contributed by atoms with E-state index in [1.807, 2.05) is 6.07 Å². The molecule has 1 aliphatic rings. The van der Waals surface area contributed by atoms with Crippen LogP contribution in [0.4, 0.5) is 0 Å². The van der Waals surface area contributed by atoms with Crippen LogP contribution in [0.2, 0.25) is 5.02 Å². The summed E-state index contributed by atoms with van der Waals surface area (Å²) in [7, 11) is 0. The molecule has 0 radical (unpaired) electrons. The maximum Gasteiger partial charge on any atom is 0.305 e. The van der Waals surface area contributed by atoms with Crippen LogP contribution in [0.3, 0.4) is 0 Å². The average Bonchev–Trinajstić information content (AvgIpc) is 2.54. The Labute approximate surface area is 110 Å². The molecular weight excluding hydrogens is 254 g/mol. The zero-order valence-corrected chi connectivity index (χ0v) is 11.0. The Bertz CT molecular complexity index is 497. The second-order valence-corrected chi connectivity index (χ2v) is 4.84. The van der Waals surface area contributed by atoms with Crippen molar-refractivity contribution in [3.63, 3.8) is 0 Å². The fourth-order valence-corrected chi connectivity index (χ4v) is 2.59. The molecule has 0 bridgehead atoms. The predicted octanol–water partition coefficient (Wildman–Crippen LogP) is 2.14. The molecule has 1 amide bonds. The highest BCUT2D eigenvalue weighted by molar-refractivity contribution is 6.30. The third-order valence-corrected chi connectivity index (χ3v) is 3.18. The number of rotatable bonds is 2. The van der Waals surface area contributed by atoms with Crippen LogP contribution in [0.25, 0.3) is 0 Å². The zero-order valence-electron chi connectivity index (χ0n) is 10.2. The van der Waals surface area contributed by atoms with Gasteiger partial charge in [0.2, 0.25) is 11.6 Å². The van der Waals surface area contributed by atoms with Gasteiger partial charge in [0.1, 0.15) is 0 Å². The van der Waals surface area contributed by atoms with Gasteiger partial charge in [-0.15, -0.1) is 0 Å². The highest BCUT2D eigenvalue weighted by atomic mass is 35.5. The molecule has 1 aliphatic carbocycles. The van der Waals surface area contributed by atoms with Crippen molar-refractivity contribution in [2.75, 3.05) is 0 Å². The standard InChI is InChI=1S/C13H14ClNO3/c1-8(16)15-13(18-9(2)17)6-5-10-7-11(14)3-4-12(10)13/h3-4,7H,5-6H2,1-2H3,(H,15,16). The van der Waals surface area contributed by atoms with Crippen LogP contribution in [0.15, 0.2) is 18.2 Å². The molecule has 96 valence electrons. The summed E-state index contributed by atoms with van der Waals surface area (Å²) in [6.45, 7) is 2.73. The van der Waals surface area contributed by atoms with Gasteiger partial charge in [0, 0.05) is 30.9 Å². The van der Waals surface area contributed by atoms with Gasteiger partial charge < -0.3 is 10.1 Å². The summed E-state index contributed by atoms with van der Waals surface area (Å²) in [5.74, 6) is -0.661. The number of benzene rings is 1. The van der Waals surface area contributed by atoms with Crippen molar-refractivity contribution in [1.82, 2.24) is 5.32 Å². The summed E-state index contributed by atoms with van der Waals surface area (Å²) in [6, 6.07) is 5.36. The molecular formula is C13H14ClNO3. The van der Waals surface area contributed by atoms with Gasteiger partial charge in [0.15, 0.2) is 0 Å². The van der Waals surface area contributed by atoms with Gasteiger partial charge in [-0.3, -0.25) is 9.59 Å². The van der Waals surface area contributed by atoms with Crippen LogP contribution < -0.4 is 5.32 Å². The lowest BCUT2D eigenvalue weighted by Gasteiger charge is -2.30. The van der Waals surface area contributed by atoms with Crippen LogP contribution in [0.1, 0.15) is 31.4 Å². The second kappa shape index (κ2) is 4.61. The summed E-state index contributed by atoms with van der Waals surface area (Å²) in [6.07, 6.45) is 1.24. The molecule has 1 N–H and O–H groups in total. The monoisotopic (exact) mass is 267 g/mol. The molecule has 0 aromatic heterocycles. The quantitative estimate of drug-likeness (QED) is 0.660. The third-order valence-electron chi connectivity index (χ3n) is 2.94. The van der Waals surface area contributed by atoms with Crippen molar-refractivity contribution in [2.24, 2.45) is 0 Å². The Kier molecular flexibility index (Phi) is 3.30. The number of carbonyl (C=O) groups is 2. The van der Waals surface area contributed by atoms with E-state index >= 15 is 0 Å². The summed E-state index contributed by atoms with van der Waals surface area (Å²) < 4.78 is 5.36. The number of carbonyl (C=O) groups excluding carboxylic acids is 2. The predicted molar refractivity (Wildman–Crippen MR) is 67.0 cm³/mol. The zero-order chi connectivity index (χ0) is 13.3. The van der Waals surface area contributed by atoms with Crippen molar-refractivity contribution < 1.29 is 14.3 Å². The highest BCUT2D eigenvalue weighted by Gasteiger charge is 2.42. The lowest BCUT2D eigenvalue weighted by Crippen LogP contribution is -2.46. The molecule has 5 heteroatoms. The molecule has 1 atom stereocenters. The maximum absolute atomic E-state index is 11.3. The minimum Gasteiger partial charge on any atom is -0.435 e. The lowest BCUT2D eigenvalue weighted by molar-refractivity contribution is -0.164. The highest BCUT2D eigenvalue weighted by Crippen LogP contribution is 2.39. The van der Waals surface area contributed by atoms with Crippen LogP contribution >= 0.6 is 11.6 Å². The number of ether oxygens (including phenoxy) is 1. The topological polar surface area (TPSA) is 55.4 Å². The molecule has 0 aliphatic heterocycles. The molecule has 0 heterocycles. The van der Waals surface area contributed by atoms with Gasteiger partial charge in [-0.05, 0) is 24.1 Å². The van der Waals surface area contributed by atoms with E-state index in [9.17, 15) is 9.59 Å². The fourth-order valence-electron chi connectivity index (χ4n) is 2.40. The van der Waals surface area contributed by atoms with Gasteiger partial charge in [0.25, 0.3) is 0 Å². The van der Waals surface area contributed by atoms with Crippen molar-refractivity contribution in [3.8, 4) is 0 Å². The van der Waals surface area contributed by atoms with Crippen LogP contribution in [-0.4, -0.2) is 11.9 Å². The van der Waals surface area contributed by atoms with Crippen LogP contribution in [0, 0.1) is 0 Å². The first kappa shape index (κ1) is 12.9. The summed E-state index contributed by atoms with van der Waals surface area (Å²) in [5.41, 5.74) is 0.757. The minimum atomic E-state index is -1.04. The van der Waals surface area contributed by atoms with Crippen molar-refractivity contribution in [3.05, 3.63) is 34.3 Å². The number of nitrogens with one attached hydrogen (secondary N) is 1. The van der Waals surface area contributed by atoms with Crippen molar-refractivity contribution in [1.29, 1.82) is 0 Å². The summed E-state index contributed by atoms with van der Waals surface area (Å²) in [5, 5.41) is 3.37. The molecule has 0 spiro atoms. The van der Waals surface area contributed by atoms with Gasteiger partial charge in [-0.1, -0.05) is 17.7 Å². The number of halogens is 1. The van der Waals surface area contributed by atoms with E-state index in [0.717, 1.165) is 11.1 Å².